The highest BCUT2D eigenvalue weighted by atomic mass is 15.1. The van der Waals surface area contributed by atoms with Gasteiger partial charge < -0.3 is 9.88 Å². The molecular formula is C10H17N3. The summed E-state index contributed by atoms with van der Waals surface area (Å²) in [6, 6.07) is 0.538. The Labute approximate surface area is 79.2 Å². The zero-order chi connectivity index (χ0) is 9.10. The summed E-state index contributed by atoms with van der Waals surface area (Å²) in [5.74, 6) is 0. The van der Waals surface area contributed by atoms with Gasteiger partial charge in [-0.2, -0.15) is 0 Å². The molecule has 0 aliphatic carbocycles. The molecule has 13 heavy (non-hydrogen) atoms. The van der Waals surface area contributed by atoms with Crippen LogP contribution in [0.25, 0.3) is 0 Å². The van der Waals surface area contributed by atoms with Gasteiger partial charge in [-0.25, -0.2) is 4.98 Å². The Morgan fingerprint density at radius 3 is 3.23 bits per heavy atom. The van der Waals surface area contributed by atoms with Crippen molar-refractivity contribution in [2.45, 2.75) is 38.8 Å². The fraction of sp³-hybridized carbons (Fsp3) is 0.700. The maximum Gasteiger partial charge on any atom is 0.0948 e. The van der Waals surface area contributed by atoms with Gasteiger partial charge in [-0.1, -0.05) is 6.42 Å². The van der Waals surface area contributed by atoms with Crippen molar-refractivity contribution in [3.8, 4) is 0 Å². The molecule has 1 atom stereocenters. The Morgan fingerprint density at radius 2 is 2.54 bits per heavy atom. The first kappa shape index (κ1) is 8.75. The van der Waals surface area contributed by atoms with Crippen LogP contribution in [0.3, 0.4) is 0 Å². The van der Waals surface area contributed by atoms with Gasteiger partial charge in [-0.15, -0.1) is 0 Å². The molecule has 1 aliphatic rings. The van der Waals surface area contributed by atoms with E-state index in [-0.39, 0.29) is 0 Å². The average Bonchev–Trinajstić information content (AvgIpc) is 2.67. The Hall–Kier alpha value is -0.830. The predicted octanol–water partition coefficient (Wildman–Crippen LogP) is 1.72. The number of imidazole rings is 1. The van der Waals surface area contributed by atoms with E-state index < -0.39 is 0 Å². The van der Waals surface area contributed by atoms with Crippen LogP contribution in [0.1, 0.15) is 37.9 Å². The topological polar surface area (TPSA) is 29.9 Å². The predicted molar refractivity (Wildman–Crippen MR) is 52.5 cm³/mol. The number of hydrogen-bond acceptors (Lipinski definition) is 2. The summed E-state index contributed by atoms with van der Waals surface area (Å²) < 4.78 is 2.23. The molecule has 1 fully saturated rings. The van der Waals surface area contributed by atoms with Crippen molar-refractivity contribution < 1.29 is 0 Å². The molecular weight excluding hydrogens is 162 g/mol. The SMILES string of the molecule is CCn1cncc1C1CCCCN1. The lowest BCUT2D eigenvalue weighted by molar-refractivity contribution is 0.394. The Kier molecular flexibility index (Phi) is 2.64. The molecule has 1 aromatic heterocycles. The molecule has 0 radical (unpaired) electrons. The summed E-state index contributed by atoms with van der Waals surface area (Å²) >= 11 is 0. The average molecular weight is 179 g/mol. The molecule has 0 saturated carbocycles. The van der Waals surface area contributed by atoms with E-state index in [2.05, 4.69) is 21.8 Å². The van der Waals surface area contributed by atoms with Gasteiger partial charge in [0.15, 0.2) is 0 Å². The van der Waals surface area contributed by atoms with Crippen molar-refractivity contribution in [3.63, 3.8) is 0 Å². The van der Waals surface area contributed by atoms with E-state index in [9.17, 15) is 0 Å². The van der Waals surface area contributed by atoms with Crippen LogP contribution in [0.2, 0.25) is 0 Å². The maximum absolute atomic E-state index is 4.19. The Morgan fingerprint density at radius 1 is 1.62 bits per heavy atom. The summed E-state index contributed by atoms with van der Waals surface area (Å²) in [5, 5.41) is 3.54. The smallest absolute Gasteiger partial charge is 0.0948 e. The first-order valence-corrected chi connectivity index (χ1v) is 5.15. The van der Waals surface area contributed by atoms with Gasteiger partial charge in [0.1, 0.15) is 0 Å². The van der Waals surface area contributed by atoms with E-state index in [0.29, 0.717) is 6.04 Å². The van der Waals surface area contributed by atoms with Crippen molar-refractivity contribution >= 4 is 0 Å². The minimum Gasteiger partial charge on any atom is -0.333 e. The third-order valence-corrected chi connectivity index (χ3v) is 2.75. The molecule has 3 nitrogen and oxygen atoms in total. The number of rotatable bonds is 2. The van der Waals surface area contributed by atoms with E-state index in [4.69, 9.17) is 0 Å². The van der Waals surface area contributed by atoms with Crippen molar-refractivity contribution in [1.29, 1.82) is 0 Å². The monoisotopic (exact) mass is 179 g/mol. The summed E-state index contributed by atoms with van der Waals surface area (Å²) in [4.78, 5) is 4.19. The number of nitrogens with zero attached hydrogens (tertiary/aromatic N) is 2. The van der Waals surface area contributed by atoms with Crippen LogP contribution in [-0.4, -0.2) is 16.1 Å². The van der Waals surface area contributed by atoms with Crippen molar-refractivity contribution in [3.05, 3.63) is 18.2 Å². The molecule has 0 spiro atoms. The fourth-order valence-electron chi connectivity index (χ4n) is 1.99. The second-order valence-corrected chi connectivity index (χ2v) is 3.61. The second-order valence-electron chi connectivity index (χ2n) is 3.61. The van der Waals surface area contributed by atoms with Gasteiger partial charge in [-0.05, 0) is 26.3 Å². The van der Waals surface area contributed by atoms with Crippen molar-refractivity contribution in [1.82, 2.24) is 14.9 Å². The van der Waals surface area contributed by atoms with Crippen LogP contribution in [0.15, 0.2) is 12.5 Å². The van der Waals surface area contributed by atoms with E-state index in [1.807, 2.05) is 12.5 Å². The molecule has 0 amide bonds. The van der Waals surface area contributed by atoms with Gasteiger partial charge in [-0.3, -0.25) is 0 Å². The Balaban J connectivity index is 2.13. The number of hydrogen-bond donors (Lipinski definition) is 1. The standard InChI is InChI=1S/C10H17N3/c1-2-13-8-11-7-10(13)9-5-3-4-6-12-9/h7-9,12H,2-6H2,1H3. The first-order valence-electron chi connectivity index (χ1n) is 5.15. The third kappa shape index (κ3) is 1.75. The zero-order valence-electron chi connectivity index (χ0n) is 8.16. The molecule has 3 heteroatoms. The van der Waals surface area contributed by atoms with Crippen molar-refractivity contribution in [2.75, 3.05) is 6.54 Å². The highest BCUT2D eigenvalue weighted by Gasteiger charge is 2.17. The lowest BCUT2D eigenvalue weighted by Crippen LogP contribution is -2.28. The van der Waals surface area contributed by atoms with E-state index in [1.165, 1.54) is 25.0 Å². The minimum atomic E-state index is 0.538. The van der Waals surface area contributed by atoms with E-state index in [1.54, 1.807) is 0 Å². The van der Waals surface area contributed by atoms with Gasteiger partial charge >= 0.3 is 0 Å². The molecule has 2 heterocycles. The van der Waals surface area contributed by atoms with E-state index in [0.717, 1.165) is 13.1 Å². The van der Waals surface area contributed by atoms with Crippen LogP contribution in [0.5, 0.6) is 0 Å². The third-order valence-electron chi connectivity index (χ3n) is 2.75. The number of aromatic nitrogens is 2. The highest BCUT2D eigenvalue weighted by Crippen LogP contribution is 2.22. The summed E-state index contributed by atoms with van der Waals surface area (Å²) in [6.07, 6.45) is 7.83. The molecule has 1 N–H and O–H groups in total. The summed E-state index contributed by atoms with van der Waals surface area (Å²) in [6.45, 7) is 4.33. The van der Waals surface area contributed by atoms with E-state index >= 15 is 0 Å². The summed E-state index contributed by atoms with van der Waals surface area (Å²) in [7, 11) is 0. The lowest BCUT2D eigenvalue weighted by atomic mass is 10.0. The second kappa shape index (κ2) is 3.92. The van der Waals surface area contributed by atoms with Crippen LogP contribution in [0.4, 0.5) is 0 Å². The van der Waals surface area contributed by atoms with Crippen LogP contribution < -0.4 is 5.32 Å². The molecule has 2 rings (SSSR count). The first-order chi connectivity index (χ1) is 6.42. The number of aryl methyl sites for hydroxylation is 1. The molecule has 0 bridgehead atoms. The molecule has 72 valence electrons. The number of piperidine rings is 1. The van der Waals surface area contributed by atoms with Gasteiger partial charge in [0, 0.05) is 18.8 Å². The molecule has 1 saturated heterocycles. The quantitative estimate of drug-likeness (QED) is 0.749. The zero-order valence-corrected chi connectivity index (χ0v) is 8.16. The maximum atomic E-state index is 4.19. The number of nitrogens with one attached hydrogen (secondary N) is 1. The van der Waals surface area contributed by atoms with Gasteiger partial charge in [0.2, 0.25) is 0 Å². The summed E-state index contributed by atoms with van der Waals surface area (Å²) in [5.41, 5.74) is 1.35. The minimum absolute atomic E-state index is 0.538. The fourth-order valence-corrected chi connectivity index (χ4v) is 1.99. The lowest BCUT2D eigenvalue weighted by Gasteiger charge is -2.24. The largest absolute Gasteiger partial charge is 0.333 e. The van der Waals surface area contributed by atoms with Crippen LogP contribution in [-0.2, 0) is 6.54 Å². The molecule has 1 aliphatic heterocycles. The molecule has 0 aromatic carbocycles. The highest BCUT2D eigenvalue weighted by molar-refractivity contribution is 5.06. The molecule has 1 aromatic rings. The normalized spacial score (nSPS) is 23.3. The van der Waals surface area contributed by atoms with Crippen LogP contribution in [0, 0.1) is 0 Å². The van der Waals surface area contributed by atoms with Gasteiger partial charge in [0.25, 0.3) is 0 Å². The molecule has 1 unspecified atom stereocenters. The van der Waals surface area contributed by atoms with Crippen LogP contribution >= 0.6 is 0 Å². The van der Waals surface area contributed by atoms with Crippen molar-refractivity contribution in [2.24, 2.45) is 0 Å². The van der Waals surface area contributed by atoms with Gasteiger partial charge in [0.05, 0.1) is 12.0 Å². The Bertz CT molecular complexity index is 261.